The molecule has 1 aromatic rings. The van der Waals surface area contributed by atoms with Crippen molar-refractivity contribution in [3.63, 3.8) is 0 Å². The number of nitrogen functional groups attached to an aromatic ring is 1. The Hall–Kier alpha value is -1.18. The topological polar surface area (TPSA) is 29.3 Å². The molecule has 0 heterocycles. The molecule has 0 aliphatic carbocycles. The minimum Gasteiger partial charge on any atom is -0.397 e. The molecule has 0 saturated carbocycles. The van der Waals surface area contributed by atoms with Gasteiger partial charge in [0.15, 0.2) is 0 Å². The van der Waals surface area contributed by atoms with Gasteiger partial charge in [-0.2, -0.15) is 0 Å². The number of rotatable bonds is 2. The molecule has 0 bridgehead atoms. The maximum absolute atomic E-state index is 6.07. The van der Waals surface area contributed by atoms with Crippen molar-refractivity contribution in [3.05, 3.63) is 23.3 Å². The van der Waals surface area contributed by atoms with Gasteiger partial charge in [0.25, 0.3) is 0 Å². The van der Waals surface area contributed by atoms with E-state index >= 15 is 0 Å². The summed E-state index contributed by atoms with van der Waals surface area (Å²) in [5.41, 5.74) is 10.9. The van der Waals surface area contributed by atoms with E-state index in [4.69, 9.17) is 5.73 Å². The normalized spacial score (nSPS) is 11.6. The molecular weight excluding hydrogens is 196 g/mol. The Balaban J connectivity index is 3.00. The molecule has 16 heavy (non-hydrogen) atoms. The standard InChI is InChI=1S/C14H24N2/c1-10-7-12(15)13(8-11(10)2)16(6)9-14(3,4)5/h7-8H,9,15H2,1-6H3. The molecule has 0 spiro atoms. The largest absolute Gasteiger partial charge is 0.397 e. The van der Waals surface area contributed by atoms with E-state index in [0.717, 1.165) is 17.9 Å². The van der Waals surface area contributed by atoms with Gasteiger partial charge < -0.3 is 10.6 Å². The van der Waals surface area contributed by atoms with Crippen molar-refractivity contribution < 1.29 is 0 Å². The summed E-state index contributed by atoms with van der Waals surface area (Å²) in [6, 6.07) is 4.24. The molecule has 1 aromatic carbocycles. The van der Waals surface area contributed by atoms with Crippen molar-refractivity contribution in [2.24, 2.45) is 5.41 Å². The Kier molecular flexibility index (Phi) is 3.51. The highest BCUT2D eigenvalue weighted by Gasteiger charge is 2.15. The highest BCUT2D eigenvalue weighted by atomic mass is 15.1. The lowest BCUT2D eigenvalue weighted by atomic mass is 9.95. The van der Waals surface area contributed by atoms with Crippen LogP contribution in [0.5, 0.6) is 0 Å². The third kappa shape index (κ3) is 3.16. The molecule has 0 fully saturated rings. The molecule has 0 saturated heterocycles. The Morgan fingerprint density at radius 3 is 2.12 bits per heavy atom. The first-order valence-electron chi connectivity index (χ1n) is 5.78. The average Bonchev–Trinajstić information content (AvgIpc) is 2.08. The Morgan fingerprint density at radius 2 is 1.62 bits per heavy atom. The van der Waals surface area contributed by atoms with Crippen LogP contribution in [0.3, 0.4) is 0 Å². The lowest BCUT2D eigenvalue weighted by Gasteiger charge is -2.29. The lowest BCUT2D eigenvalue weighted by molar-refractivity contribution is 0.419. The van der Waals surface area contributed by atoms with Crippen LogP contribution in [0.4, 0.5) is 11.4 Å². The van der Waals surface area contributed by atoms with E-state index in [1.165, 1.54) is 11.1 Å². The van der Waals surface area contributed by atoms with E-state index in [2.05, 4.69) is 58.7 Å². The molecular formula is C14H24N2. The smallest absolute Gasteiger partial charge is 0.0600 e. The summed E-state index contributed by atoms with van der Waals surface area (Å²) >= 11 is 0. The number of nitrogens with two attached hydrogens (primary N) is 1. The van der Waals surface area contributed by atoms with Gasteiger partial charge in [-0.3, -0.25) is 0 Å². The fourth-order valence-corrected chi connectivity index (χ4v) is 1.95. The van der Waals surface area contributed by atoms with Gasteiger partial charge in [-0.25, -0.2) is 0 Å². The number of benzene rings is 1. The summed E-state index contributed by atoms with van der Waals surface area (Å²) in [5.74, 6) is 0. The number of anilines is 2. The van der Waals surface area contributed by atoms with E-state index in [9.17, 15) is 0 Å². The van der Waals surface area contributed by atoms with Gasteiger partial charge in [0, 0.05) is 13.6 Å². The Labute approximate surface area is 99.5 Å². The third-order valence-corrected chi connectivity index (χ3v) is 2.77. The molecule has 90 valence electrons. The zero-order chi connectivity index (χ0) is 12.5. The molecule has 2 heteroatoms. The number of hydrogen-bond donors (Lipinski definition) is 1. The number of hydrogen-bond acceptors (Lipinski definition) is 2. The van der Waals surface area contributed by atoms with Gasteiger partial charge in [-0.05, 0) is 42.5 Å². The third-order valence-electron chi connectivity index (χ3n) is 2.77. The fourth-order valence-electron chi connectivity index (χ4n) is 1.95. The van der Waals surface area contributed by atoms with Crippen LogP contribution in [-0.4, -0.2) is 13.6 Å². The van der Waals surface area contributed by atoms with Crippen LogP contribution in [0.2, 0.25) is 0 Å². The monoisotopic (exact) mass is 220 g/mol. The molecule has 0 aromatic heterocycles. The summed E-state index contributed by atoms with van der Waals surface area (Å²) in [5, 5.41) is 0. The quantitative estimate of drug-likeness (QED) is 0.774. The molecule has 0 amide bonds. The van der Waals surface area contributed by atoms with Crippen molar-refractivity contribution >= 4 is 11.4 Å². The van der Waals surface area contributed by atoms with Crippen LogP contribution in [0.1, 0.15) is 31.9 Å². The van der Waals surface area contributed by atoms with Gasteiger partial charge in [0.05, 0.1) is 11.4 Å². The summed E-state index contributed by atoms with van der Waals surface area (Å²) in [7, 11) is 2.10. The van der Waals surface area contributed by atoms with Gasteiger partial charge in [0.2, 0.25) is 0 Å². The predicted octanol–water partition coefficient (Wildman–Crippen LogP) is 3.37. The minimum atomic E-state index is 0.278. The molecule has 0 unspecified atom stereocenters. The van der Waals surface area contributed by atoms with Gasteiger partial charge in [-0.15, -0.1) is 0 Å². The summed E-state index contributed by atoms with van der Waals surface area (Å²) in [4.78, 5) is 2.24. The SMILES string of the molecule is Cc1cc(N)c(N(C)CC(C)(C)C)cc1C. The maximum Gasteiger partial charge on any atom is 0.0600 e. The second-order valence-electron chi connectivity index (χ2n) is 5.91. The van der Waals surface area contributed by atoms with E-state index in [0.29, 0.717) is 0 Å². The number of aryl methyl sites for hydroxylation is 2. The number of nitrogens with zero attached hydrogens (tertiary/aromatic N) is 1. The first-order valence-corrected chi connectivity index (χ1v) is 5.78. The first kappa shape index (κ1) is 12.9. The molecule has 0 radical (unpaired) electrons. The van der Waals surface area contributed by atoms with Crippen molar-refractivity contribution in [2.75, 3.05) is 24.2 Å². The van der Waals surface area contributed by atoms with Gasteiger partial charge in [-0.1, -0.05) is 20.8 Å². The first-order chi connectivity index (χ1) is 7.20. The highest BCUT2D eigenvalue weighted by molar-refractivity contribution is 5.69. The van der Waals surface area contributed by atoms with Crippen molar-refractivity contribution in [3.8, 4) is 0 Å². The second-order valence-corrected chi connectivity index (χ2v) is 5.91. The maximum atomic E-state index is 6.07. The molecule has 1 rings (SSSR count). The molecule has 0 aliphatic heterocycles. The summed E-state index contributed by atoms with van der Waals surface area (Å²) in [6.07, 6.45) is 0. The summed E-state index contributed by atoms with van der Waals surface area (Å²) < 4.78 is 0. The van der Waals surface area contributed by atoms with Gasteiger partial charge >= 0.3 is 0 Å². The van der Waals surface area contributed by atoms with E-state index in [1.807, 2.05) is 0 Å². The van der Waals surface area contributed by atoms with E-state index in [-0.39, 0.29) is 5.41 Å². The summed E-state index contributed by atoms with van der Waals surface area (Å²) in [6.45, 7) is 11.9. The van der Waals surface area contributed by atoms with Crippen LogP contribution >= 0.6 is 0 Å². The minimum absolute atomic E-state index is 0.278. The molecule has 0 atom stereocenters. The van der Waals surface area contributed by atoms with E-state index in [1.54, 1.807) is 0 Å². The second kappa shape index (κ2) is 4.36. The molecule has 2 N–H and O–H groups in total. The van der Waals surface area contributed by atoms with Crippen LogP contribution in [0.15, 0.2) is 12.1 Å². The Morgan fingerprint density at radius 1 is 1.12 bits per heavy atom. The van der Waals surface area contributed by atoms with Crippen molar-refractivity contribution in [1.82, 2.24) is 0 Å². The lowest BCUT2D eigenvalue weighted by Crippen LogP contribution is -2.29. The van der Waals surface area contributed by atoms with Crippen LogP contribution < -0.4 is 10.6 Å². The fraction of sp³-hybridized carbons (Fsp3) is 0.571. The zero-order valence-electron chi connectivity index (χ0n) is 11.4. The van der Waals surface area contributed by atoms with Crippen LogP contribution in [0, 0.1) is 19.3 Å². The van der Waals surface area contributed by atoms with Crippen molar-refractivity contribution in [1.29, 1.82) is 0 Å². The van der Waals surface area contributed by atoms with Crippen LogP contribution in [0.25, 0.3) is 0 Å². The predicted molar refractivity (Wildman–Crippen MR) is 73.1 cm³/mol. The average molecular weight is 220 g/mol. The Bertz CT molecular complexity index is 375. The molecule has 0 aliphatic rings. The van der Waals surface area contributed by atoms with Crippen molar-refractivity contribution in [2.45, 2.75) is 34.6 Å². The van der Waals surface area contributed by atoms with Crippen LogP contribution in [-0.2, 0) is 0 Å². The van der Waals surface area contributed by atoms with Gasteiger partial charge in [0.1, 0.15) is 0 Å². The highest BCUT2D eigenvalue weighted by Crippen LogP contribution is 2.28. The van der Waals surface area contributed by atoms with E-state index < -0.39 is 0 Å². The molecule has 2 nitrogen and oxygen atoms in total. The zero-order valence-corrected chi connectivity index (χ0v) is 11.4.